The topological polar surface area (TPSA) is 93.6 Å². The van der Waals surface area contributed by atoms with E-state index in [1.54, 1.807) is 19.2 Å². The number of methoxy groups -OCH3 is 1. The minimum atomic E-state index is -0.262. The van der Waals surface area contributed by atoms with Crippen LogP contribution in [0.2, 0.25) is 5.02 Å². The number of aryl methyl sites for hydroxylation is 2. The van der Waals surface area contributed by atoms with Crippen molar-refractivity contribution in [2.75, 3.05) is 12.0 Å². The lowest BCUT2D eigenvalue weighted by atomic mass is 9.92. The second kappa shape index (κ2) is 9.75. The highest BCUT2D eigenvalue weighted by Crippen LogP contribution is 2.43. The summed E-state index contributed by atoms with van der Waals surface area (Å²) in [6.07, 6.45) is 4.07. The zero-order valence-corrected chi connectivity index (χ0v) is 22.5. The zero-order chi connectivity index (χ0) is 26.6. The minimum Gasteiger partial charge on any atom is -0.495 e. The van der Waals surface area contributed by atoms with Crippen molar-refractivity contribution in [3.63, 3.8) is 0 Å². The molecule has 2 aromatic heterocycles. The van der Waals surface area contributed by atoms with Crippen LogP contribution in [-0.4, -0.2) is 38.9 Å². The normalized spacial score (nSPS) is 22.0. The van der Waals surface area contributed by atoms with Gasteiger partial charge in [-0.2, -0.15) is 0 Å². The van der Waals surface area contributed by atoms with Gasteiger partial charge in [0.1, 0.15) is 17.3 Å². The molecule has 6 rings (SSSR count). The van der Waals surface area contributed by atoms with Gasteiger partial charge in [-0.1, -0.05) is 22.8 Å². The van der Waals surface area contributed by atoms with Crippen molar-refractivity contribution in [3.8, 4) is 16.9 Å². The molecule has 2 aliphatic rings. The van der Waals surface area contributed by atoms with Crippen LogP contribution in [0.4, 0.5) is 5.69 Å². The highest BCUT2D eigenvalue weighted by atomic mass is 35.5. The number of nitrogens with zero attached hydrogens (tertiary/aromatic N) is 4. The molecule has 38 heavy (non-hydrogen) atoms. The molecule has 1 aliphatic carbocycles. The molecule has 2 fully saturated rings. The Hall–Kier alpha value is -3.36. The fraction of sp³-hybridized carbons (Fsp3) is 0.414. The fourth-order valence-corrected chi connectivity index (χ4v) is 6.41. The van der Waals surface area contributed by atoms with Gasteiger partial charge in [-0.25, -0.2) is 4.98 Å². The summed E-state index contributed by atoms with van der Waals surface area (Å²) in [6, 6.07) is 11.7. The molecule has 1 saturated carbocycles. The monoisotopic (exact) mass is 534 g/mol. The van der Waals surface area contributed by atoms with Crippen LogP contribution in [0.15, 0.2) is 40.9 Å². The average Bonchev–Trinajstić information content (AvgIpc) is 3.58. The van der Waals surface area contributed by atoms with Gasteiger partial charge in [0, 0.05) is 23.7 Å². The number of fused-ring (bicyclic) bond motifs is 1. The summed E-state index contributed by atoms with van der Waals surface area (Å²) in [4.78, 5) is 20.2. The van der Waals surface area contributed by atoms with Gasteiger partial charge in [0.05, 0.1) is 41.0 Å². The minimum absolute atomic E-state index is 0.0466. The van der Waals surface area contributed by atoms with Gasteiger partial charge < -0.3 is 23.8 Å². The highest BCUT2D eigenvalue weighted by molar-refractivity contribution is 6.32. The Balaban J connectivity index is 1.49. The lowest BCUT2D eigenvalue weighted by Crippen LogP contribution is -2.31. The second-order valence-electron chi connectivity index (χ2n) is 10.3. The first-order chi connectivity index (χ1) is 18.4. The van der Waals surface area contributed by atoms with Gasteiger partial charge in [-0.15, -0.1) is 0 Å². The number of imidazole rings is 1. The van der Waals surface area contributed by atoms with E-state index < -0.39 is 0 Å². The summed E-state index contributed by atoms with van der Waals surface area (Å²) in [6.45, 7) is 3.86. The molecular weight excluding hydrogens is 504 g/mol. The van der Waals surface area contributed by atoms with Gasteiger partial charge in [0.15, 0.2) is 0 Å². The van der Waals surface area contributed by atoms with Gasteiger partial charge in [-0.3, -0.25) is 4.79 Å². The molecule has 1 saturated heterocycles. The third-order valence-electron chi connectivity index (χ3n) is 7.99. The van der Waals surface area contributed by atoms with E-state index in [9.17, 15) is 9.90 Å². The SMILES string of the molecule is COc1ccc(N2C(=O)CCC2c2nc3cc(-c4c(C)noc4C)ccc3n2C2CCC(O)CC2)cc1Cl. The maximum absolute atomic E-state index is 13.2. The number of benzene rings is 2. The van der Waals surface area contributed by atoms with Crippen LogP contribution in [-0.2, 0) is 4.79 Å². The molecule has 2 aromatic carbocycles. The number of aliphatic hydroxyl groups is 1. The summed E-state index contributed by atoms with van der Waals surface area (Å²) in [7, 11) is 1.57. The van der Waals surface area contributed by atoms with Crippen LogP contribution in [0.3, 0.4) is 0 Å². The number of halogens is 1. The van der Waals surface area contributed by atoms with Crippen molar-refractivity contribution < 1.29 is 19.2 Å². The summed E-state index contributed by atoms with van der Waals surface area (Å²) >= 11 is 6.45. The number of anilines is 1. The molecule has 1 atom stereocenters. The average molecular weight is 535 g/mol. The molecule has 0 spiro atoms. The summed E-state index contributed by atoms with van der Waals surface area (Å²) < 4.78 is 13.1. The molecule has 0 radical (unpaired) electrons. The summed E-state index contributed by atoms with van der Waals surface area (Å²) in [5.41, 5.74) is 5.46. The second-order valence-corrected chi connectivity index (χ2v) is 10.7. The van der Waals surface area contributed by atoms with Crippen LogP contribution in [0.5, 0.6) is 5.75 Å². The predicted octanol–water partition coefficient (Wildman–Crippen LogP) is 6.31. The third kappa shape index (κ3) is 4.16. The first kappa shape index (κ1) is 24.9. The number of hydrogen-bond acceptors (Lipinski definition) is 6. The third-order valence-corrected chi connectivity index (χ3v) is 8.29. The van der Waals surface area contributed by atoms with E-state index >= 15 is 0 Å². The smallest absolute Gasteiger partial charge is 0.227 e. The van der Waals surface area contributed by atoms with Crippen LogP contribution < -0.4 is 9.64 Å². The van der Waals surface area contributed by atoms with Crippen LogP contribution in [0.1, 0.15) is 67.9 Å². The van der Waals surface area contributed by atoms with E-state index in [-0.39, 0.29) is 24.1 Å². The zero-order valence-electron chi connectivity index (χ0n) is 21.8. The molecule has 8 nitrogen and oxygen atoms in total. The number of hydrogen-bond donors (Lipinski definition) is 1. The quantitative estimate of drug-likeness (QED) is 0.322. The molecule has 1 unspecified atom stereocenters. The van der Waals surface area contributed by atoms with Gasteiger partial charge in [0.25, 0.3) is 0 Å². The van der Waals surface area contributed by atoms with Crippen LogP contribution in [0.25, 0.3) is 22.2 Å². The number of amides is 1. The predicted molar refractivity (Wildman–Crippen MR) is 146 cm³/mol. The van der Waals surface area contributed by atoms with E-state index in [1.165, 1.54) is 0 Å². The van der Waals surface area contributed by atoms with Gasteiger partial charge >= 0.3 is 0 Å². The van der Waals surface area contributed by atoms with E-state index in [0.717, 1.165) is 70.8 Å². The van der Waals surface area contributed by atoms with E-state index in [1.807, 2.05) is 24.8 Å². The molecule has 1 amide bonds. The lowest BCUT2D eigenvalue weighted by Gasteiger charge is -2.31. The van der Waals surface area contributed by atoms with Crippen molar-refractivity contribution in [2.45, 2.75) is 70.6 Å². The Morgan fingerprint density at radius 1 is 1.08 bits per heavy atom. The first-order valence-corrected chi connectivity index (χ1v) is 13.5. The first-order valence-electron chi connectivity index (χ1n) is 13.1. The highest BCUT2D eigenvalue weighted by Gasteiger charge is 2.38. The molecule has 198 valence electrons. The van der Waals surface area contributed by atoms with E-state index in [4.69, 9.17) is 25.8 Å². The Bertz CT molecular complexity index is 1500. The Morgan fingerprint density at radius 3 is 2.55 bits per heavy atom. The fourth-order valence-electron chi connectivity index (χ4n) is 6.16. The number of carbonyl (C=O) groups is 1. The molecule has 4 aromatic rings. The van der Waals surface area contributed by atoms with Crippen LogP contribution >= 0.6 is 11.6 Å². The van der Waals surface area contributed by atoms with Gasteiger partial charge in [0.2, 0.25) is 5.91 Å². The van der Waals surface area contributed by atoms with Gasteiger partial charge in [-0.05, 0) is 81.8 Å². The van der Waals surface area contributed by atoms with Crippen molar-refractivity contribution in [2.24, 2.45) is 0 Å². The molecule has 1 N–H and O–H groups in total. The molecule has 9 heteroatoms. The standard InChI is InChI=1S/C29H31ClN4O4/c1-16-28(17(2)38-32-16)18-4-10-24-23(14-18)31-29(34(24)19-5-8-21(35)9-6-19)25-11-13-27(36)33(25)20-7-12-26(37-3)22(30)15-20/h4,7,10,12,14-15,19,21,25,35H,5-6,8-9,11,13H2,1-3H3. The largest absolute Gasteiger partial charge is 0.495 e. The number of ether oxygens (including phenoxy) is 1. The van der Waals surface area contributed by atoms with Crippen molar-refractivity contribution in [1.82, 2.24) is 14.7 Å². The molecule has 3 heterocycles. The summed E-state index contributed by atoms with van der Waals surface area (Å²) in [5.74, 6) is 2.26. The van der Waals surface area contributed by atoms with Crippen LogP contribution in [0, 0.1) is 13.8 Å². The summed E-state index contributed by atoms with van der Waals surface area (Å²) in [5, 5.41) is 14.8. The Morgan fingerprint density at radius 2 is 1.87 bits per heavy atom. The molecule has 0 bridgehead atoms. The Kier molecular flexibility index (Phi) is 6.40. The Labute approximate surface area is 226 Å². The van der Waals surface area contributed by atoms with Crippen molar-refractivity contribution in [3.05, 3.63) is 58.7 Å². The van der Waals surface area contributed by atoms with E-state index in [2.05, 4.69) is 27.9 Å². The lowest BCUT2D eigenvalue weighted by molar-refractivity contribution is -0.117. The number of carbonyl (C=O) groups excluding carboxylic acids is 1. The van der Waals surface area contributed by atoms with Crippen molar-refractivity contribution >= 4 is 34.2 Å². The molecular formula is C29H31ClN4O4. The number of aromatic nitrogens is 3. The maximum atomic E-state index is 13.2. The maximum Gasteiger partial charge on any atom is 0.227 e. The van der Waals surface area contributed by atoms with E-state index in [0.29, 0.717) is 23.6 Å². The number of rotatable bonds is 5. The number of aliphatic hydroxyl groups excluding tert-OH is 1. The van der Waals surface area contributed by atoms with Crippen molar-refractivity contribution in [1.29, 1.82) is 0 Å². The molecule has 1 aliphatic heterocycles.